The SMILES string of the molecule is O=C(NCc1nnc2n1CCC2)[C@H]1CC(=O)N(c2ccccc2)C1. The van der Waals surface area contributed by atoms with Crippen LogP contribution in [0.15, 0.2) is 30.3 Å². The number of nitrogens with one attached hydrogen (secondary N) is 1. The number of amides is 2. The lowest BCUT2D eigenvalue weighted by Crippen LogP contribution is -2.33. The van der Waals surface area contributed by atoms with Gasteiger partial charge in [0.2, 0.25) is 11.8 Å². The number of fused-ring (bicyclic) bond motifs is 1. The summed E-state index contributed by atoms with van der Waals surface area (Å²) in [5, 5.41) is 11.2. The molecule has 7 heteroatoms. The number of anilines is 1. The molecule has 124 valence electrons. The third kappa shape index (κ3) is 2.66. The van der Waals surface area contributed by atoms with Gasteiger partial charge in [0.25, 0.3) is 0 Å². The van der Waals surface area contributed by atoms with E-state index >= 15 is 0 Å². The quantitative estimate of drug-likeness (QED) is 0.905. The Bertz CT molecular complexity index is 771. The van der Waals surface area contributed by atoms with Gasteiger partial charge in [0.15, 0.2) is 5.82 Å². The van der Waals surface area contributed by atoms with Crippen molar-refractivity contribution in [3.05, 3.63) is 42.0 Å². The van der Waals surface area contributed by atoms with Crippen LogP contribution in [-0.2, 0) is 29.1 Å². The fourth-order valence-electron chi connectivity index (χ4n) is 3.39. The molecule has 2 aromatic rings. The average molecular weight is 325 g/mol. The number of para-hydroxylation sites is 1. The molecule has 0 radical (unpaired) electrons. The molecule has 1 aromatic heterocycles. The molecule has 4 rings (SSSR count). The van der Waals surface area contributed by atoms with Crippen molar-refractivity contribution in [3.63, 3.8) is 0 Å². The van der Waals surface area contributed by atoms with E-state index in [0.29, 0.717) is 13.1 Å². The zero-order valence-corrected chi connectivity index (χ0v) is 13.3. The zero-order chi connectivity index (χ0) is 16.5. The number of rotatable bonds is 4. The number of nitrogens with zero attached hydrogens (tertiary/aromatic N) is 4. The van der Waals surface area contributed by atoms with Gasteiger partial charge in [0, 0.05) is 31.6 Å². The first kappa shape index (κ1) is 14.9. The topological polar surface area (TPSA) is 80.1 Å². The van der Waals surface area contributed by atoms with E-state index < -0.39 is 0 Å². The molecule has 1 fully saturated rings. The smallest absolute Gasteiger partial charge is 0.227 e. The number of hydrogen-bond acceptors (Lipinski definition) is 4. The second kappa shape index (κ2) is 6.07. The van der Waals surface area contributed by atoms with Gasteiger partial charge in [-0.25, -0.2) is 0 Å². The lowest BCUT2D eigenvalue weighted by molar-refractivity contribution is -0.126. The molecule has 1 aromatic carbocycles. The van der Waals surface area contributed by atoms with Crippen molar-refractivity contribution in [1.29, 1.82) is 0 Å². The molecule has 24 heavy (non-hydrogen) atoms. The van der Waals surface area contributed by atoms with Crippen molar-refractivity contribution in [2.24, 2.45) is 5.92 Å². The molecule has 7 nitrogen and oxygen atoms in total. The summed E-state index contributed by atoms with van der Waals surface area (Å²) in [6, 6.07) is 9.46. The normalized spacial score (nSPS) is 19.6. The Kier molecular flexibility index (Phi) is 3.76. The molecule has 1 saturated heterocycles. The summed E-state index contributed by atoms with van der Waals surface area (Å²) in [6.45, 7) is 1.70. The number of carbonyl (C=O) groups is 2. The van der Waals surface area contributed by atoms with Gasteiger partial charge in [-0.1, -0.05) is 18.2 Å². The summed E-state index contributed by atoms with van der Waals surface area (Å²) in [5.74, 6) is 1.35. The Morgan fingerprint density at radius 2 is 2.08 bits per heavy atom. The van der Waals surface area contributed by atoms with Gasteiger partial charge in [-0.3, -0.25) is 9.59 Å². The molecule has 0 unspecified atom stereocenters. The zero-order valence-electron chi connectivity index (χ0n) is 13.3. The van der Waals surface area contributed by atoms with E-state index in [2.05, 4.69) is 20.1 Å². The number of carbonyl (C=O) groups excluding carboxylic acids is 2. The summed E-state index contributed by atoms with van der Waals surface area (Å²) >= 11 is 0. The maximum atomic E-state index is 12.4. The molecule has 0 aliphatic carbocycles. The number of hydrogen-bond donors (Lipinski definition) is 1. The highest BCUT2D eigenvalue weighted by Crippen LogP contribution is 2.25. The van der Waals surface area contributed by atoms with Crippen LogP contribution in [0.5, 0.6) is 0 Å². The maximum Gasteiger partial charge on any atom is 0.227 e. The molecule has 0 bridgehead atoms. The summed E-state index contributed by atoms with van der Waals surface area (Å²) in [6.07, 6.45) is 2.28. The van der Waals surface area contributed by atoms with Gasteiger partial charge >= 0.3 is 0 Å². The van der Waals surface area contributed by atoms with E-state index in [-0.39, 0.29) is 24.2 Å². The molecule has 2 aliphatic rings. The van der Waals surface area contributed by atoms with Crippen LogP contribution in [0.25, 0.3) is 0 Å². The van der Waals surface area contributed by atoms with Crippen molar-refractivity contribution in [2.75, 3.05) is 11.4 Å². The van der Waals surface area contributed by atoms with Gasteiger partial charge in [-0.15, -0.1) is 10.2 Å². The van der Waals surface area contributed by atoms with Crippen LogP contribution in [-0.4, -0.2) is 33.1 Å². The fraction of sp³-hybridized carbons (Fsp3) is 0.412. The van der Waals surface area contributed by atoms with Gasteiger partial charge in [-0.2, -0.15) is 0 Å². The largest absolute Gasteiger partial charge is 0.348 e. The summed E-state index contributed by atoms with van der Waals surface area (Å²) < 4.78 is 2.07. The second-order valence-corrected chi connectivity index (χ2v) is 6.25. The van der Waals surface area contributed by atoms with E-state index in [9.17, 15) is 9.59 Å². The first-order valence-corrected chi connectivity index (χ1v) is 8.26. The highest BCUT2D eigenvalue weighted by molar-refractivity contribution is 6.00. The van der Waals surface area contributed by atoms with E-state index in [1.165, 1.54) is 0 Å². The minimum Gasteiger partial charge on any atom is -0.348 e. The molecular formula is C17H19N5O2. The molecule has 0 spiro atoms. The molecular weight excluding hydrogens is 306 g/mol. The maximum absolute atomic E-state index is 12.4. The van der Waals surface area contributed by atoms with E-state index in [1.54, 1.807) is 4.90 Å². The lowest BCUT2D eigenvalue weighted by atomic mass is 10.1. The molecule has 1 atom stereocenters. The summed E-state index contributed by atoms with van der Waals surface area (Å²) in [4.78, 5) is 26.3. The van der Waals surface area contributed by atoms with Gasteiger partial charge in [0.1, 0.15) is 5.82 Å². The van der Waals surface area contributed by atoms with Gasteiger partial charge in [0.05, 0.1) is 12.5 Å². The molecule has 0 saturated carbocycles. The van der Waals surface area contributed by atoms with E-state index in [0.717, 1.165) is 36.7 Å². The van der Waals surface area contributed by atoms with Crippen LogP contribution in [0, 0.1) is 5.92 Å². The third-order valence-corrected chi connectivity index (χ3v) is 4.67. The highest BCUT2D eigenvalue weighted by atomic mass is 16.2. The first-order chi connectivity index (χ1) is 11.7. The number of benzene rings is 1. The van der Waals surface area contributed by atoms with Crippen LogP contribution in [0.4, 0.5) is 5.69 Å². The monoisotopic (exact) mass is 325 g/mol. The second-order valence-electron chi connectivity index (χ2n) is 6.25. The Morgan fingerprint density at radius 3 is 2.92 bits per heavy atom. The number of aryl methyl sites for hydroxylation is 1. The fourth-order valence-corrected chi connectivity index (χ4v) is 3.39. The van der Waals surface area contributed by atoms with Crippen molar-refractivity contribution >= 4 is 17.5 Å². The van der Waals surface area contributed by atoms with Crippen molar-refractivity contribution in [2.45, 2.75) is 32.4 Å². The Hall–Kier alpha value is -2.70. The molecule has 2 aliphatic heterocycles. The molecule has 3 heterocycles. The summed E-state index contributed by atoms with van der Waals surface area (Å²) in [5.41, 5.74) is 0.841. The standard InChI is InChI=1S/C17H19N5O2/c23-16-9-12(11-22(16)13-5-2-1-3-6-13)17(24)18-10-15-20-19-14-7-4-8-21(14)15/h1-3,5-6,12H,4,7-11H2,(H,18,24)/t12-/m0/s1. The predicted octanol–water partition coefficient (Wildman–Crippen LogP) is 0.894. The van der Waals surface area contributed by atoms with Crippen LogP contribution in [0.1, 0.15) is 24.5 Å². The van der Waals surface area contributed by atoms with Crippen LogP contribution in [0.3, 0.4) is 0 Å². The average Bonchev–Trinajstić information content (AvgIpc) is 3.29. The molecule has 1 N–H and O–H groups in total. The summed E-state index contributed by atoms with van der Waals surface area (Å²) in [7, 11) is 0. The minimum absolute atomic E-state index is 0.00952. The first-order valence-electron chi connectivity index (χ1n) is 8.26. The minimum atomic E-state index is -0.321. The predicted molar refractivity (Wildman–Crippen MR) is 87.1 cm³/mol. The third-order valence-electron chi connectivity index (χ3n) is 4.67. The number of aromatic nitrogens is 3. The lowest BCUT2D eigenvalue weighted by Gasteiger charge is -2.16. The van der Waals surface area contributed by atoms with E-state index in [1.807, 2.05) is 30.3 Å². The van der Waals surface area contributed by atoms with Crippen LogP contribution in [0.2, 0.25) is 0 Å². The van der Waals surface area contributed by atoms with E-state index in [4.69, 9.17) is 0 Å². The van der Waals surface area contributed by atoms with Crippen LogP contribution < -0.4 is 10.2 Å². The van der Waals surface area contributed by atoms with Gasteiger partial charge < -0.3 is 14.8 Å². The Balaban J connectivity index is 1.38. The molecule has 2 amide bonds. The Morgan fingerprint density at radius 1 is 1.25 bits per heavy atom. The Labute approximate surface area is 139 Å². The van der Waals surface area contributed by atoms with Crippen LogP contribution >= 0.6 is 0 Å². The van der Waals surface area contributed by atoms with Crippen molar-refractivity contribution in [3.8, 4) is 0 Å². The van der Waals surface area contributed by atoms with Gasteiger partial charge in [-0.05, 0) is 18.6 Å². The highest BCUT2D eigenvalue weighted by Gasteiger charge is 2.35. The van der Waals surface area contributed by atoms with Crippen molar-refractivity contribution in [1.82, 2.24) is 20.1 Å². The van der Waals surface area contributed by atoms with Crippen molar-refractivity contribution < 1.29 is 9.59 Å².